The van der Waals surface area contributed by atoms with Crippen molar-refractivity contribution in [3.8, 4) is 0 Å². The Morgan fingerprint density at radius 1 is 1.04 bits per heavy atom. The molecule has 2 fully saturated rings. The fraction of sp³-hybridized carbons (Fsp3) is 0.875. The van der Waals surface area contributed by atoms with Crippen LogP contribution in [0.4, 0.5) is 26.3 Å². The Labute approximate surface area is 145 Å². The molecule has 2 saturated carbocycles. The number of hydrogen-bond acceptors (Lipinski definition) is 3. The number of halogens is 6. The van der Waals surface area contributed by atoms with Crippen LogP contribution in [0.2, 0.25) is 0 Å². The minimum Gasteiger partial charge on any atom is -0.481 e. The average molecular weight is 390 g/mol. The first-order valence-corrected chi connectivity index (χ1v) is 8.05. The van der Waals surface area contributed by atoms with Crippen molar-refractivity contribution in [1.29, 1.82) is 0 Å². The predicted octanol–water partition coefficient (Wildman–Crippen LogP) is 4.33. The lowest BCUT2D eigenvalue weighted by Crippen LogP contribution is -2.58. The van der Waals surface area contributed by atoms with Crippen LogP contribution >= 0.6 is 0 Å². The van der Waals surface area contributed by atoms with E-state index in [-0.39, 0.29) is 0 Å². The zero-order chi connectivity index (χ0) is 20.3. The van der Waals surface area contributed by atoms with Crippen molar-refractivity contribution in [2.24, 2.45) is 22.7 Å². The van der Waals surface area contributed by atoms with E-state index in [1.165, 1.54) is 20.8 Å². The SMILES string of the molecule is CC(C)(C)OC(=O)C1(C2(C(=O)O)CC(C(F)(F)F)C2)CC1CC(F)(F)F. The summed E-state index contributed by atoms with van der Waals surface area (Å²) in [6, 6.07) is 0. The third-order valence-corrected chi connectivity index (χ3v) is 5.26. The van der Waals surface area contributed by atoms with E-state index in [2.05, 4.69) is 0 Å². The molecular weight excluding hydrogens is 370 g/mol. The van der Waals surface area contributed by atoms with Gasteiger partial charge < -0.3 is 9.84 Å². The van der Waals surface area contributed by atoms with Gasteiger partial charge in [0.15, 0.2) is 0 Å². The molecular formula is C16H20F6O4. The molecule has 2 aliphatic rings. The second-order valence-corrected chi connectivity index (χ2v) is 8.23. The minimum atomic E-state index is -4.67. The van der Waals surface area contributed by atoms with Crippen molar-refractivity contribution in [3.05, 3.63) is 0 Å². The summed E-state index contributed by atoms with van der Waals surface area (Å²) in [4.78, 5) is 24.4. The van der Waals surface area contributed by atoms with E-state index < -0.39 is 78.2 Å². The number of rotatable bonds is 4. The van der Waals surface area contributed by atoms with E-state index >= 15 is 0 Å². The number of aliphatic carboxylic acids is 1. The largest absolute Gasteiger partial charge is 0.481 e. The standard InChI is InChI=1S/C16H20F6O4/c1-12(2,3)26-11(25)14(6-8(14)7-15(17,18)19)13(10(23)24)4-9(5-13)16(20,21)22/h8-9H,4-7H2,1-3H3,(H,23,24). The van der Waals surface area contributed by atoms with Gasteiger partial charge in [-0.1, -0.05) is 0 Å². The van der Waals surface area contributed by atoms with Crippen molar-refractivity contribution in [1.82, 2.24) is 0 Å². The normalized spacial score (nSPS) is 34.8. The molecule has 4 nitrogen and oxygen atoms in total. The zero-order valence-corrected chi connectivity index (χ0v) is 14.4. The van der Waals surface area contributed by atoms with Gasteiger partial charge in [-0.25, -0.2) is 0 Å². The summed E-state index contributed by atoms with van der Waals surface area (Å²) in [5, 5.41) is 9.55. The number of esters is 1. The molecule has 10 heteroatoms. The number of alkyl halides is 6. The van der Waals surface area contributed by atoms with Gasteiger partial charge in [0.05, 0.1) is 16.7 Å². The summed E-state index contributed by atoms with van der Waals surface area (Å²) in [6.45, 7) is 4.35. The summed E-state index contributed by atoms with van der Waals surface area (Å²) in [7, 11) is 0. The molecule has 0 spiro atoms. The maximum atomic E-state index is 12.9. The molecule has 2 unspecified atom stereocenters. The minimum absolute atomic E-state index is 0.446. The summed E-state index contributed by atoms with van der Waals surface area (Å²) < 4.78 is 82.1. The van der Waals surface area contributed by atoms with E-state index in [1.54, 1.807) is 0 Å². The van der Waals surface area contributed by atoms with Crippen LogP contribution in [0.5, 0.6) is 0 Å². The predicted molar refractivity (Wildman–Crippen MR) is 75.9 cm³/mol. The van der Waals surface area contributed by atoms with Gasteiger partial charge in [0.25, 0.3) is 0 Å². The highest BCUT2D eigenvalue weighted by molar-refractivity contribution is 5.91. The molecule has 0 amide bonds. The van der Waals surface area contributed by atoms with E-state index in [0.717, 1.165) is 0 Å². The van der Waals surface area contributed by atoms with E-state index in [4.69, 9.17) is 4.74 Å². The molecule has 0 aromatic carbocycles. The first kappa shape index (κ1) is 20.8. The van der Waals surface area contributed by atoms with E-state index in [0.29, 0.717) is 0 Å². The second-order valence-electron chi connectivity index (χ2n) is 8.23. The number of ether oxygens (including phenoxy) is 1. The van der Waals surface area contributed by atoms with Gasteiger partial charge in [0, 0.05) is 6.42 Å². The summed E-state index contributed by atoms with van der Waals surface area (Å²) in [5.41, 5.74) is -5.38. The van der Waals surface area contributed by atoms with Gasteiger partial charge in [-0.2, -0.15) is 26.3 Å². The Hall–Kier alpha value is -1.48. The zero-order valence-electron chi connectivity index (χ0n) is 14.4. The van der Waals surface area contributed by atoms with Crippen LogP contribution in [0.3, 0.4) is 0 Å². The Balaban J connectivity index is 2.38. The summed E-state index contributed by atoms with van der Waals surface area (Å²) in [6.07, 6.45) is -13.0. The molecule has 0 aromatic rings. The molecule has 2 rings (SSSR count). The van der Waals surface area contributed by atoms with Crippen LogP contribution < -0.4 is 0 Å². The van der Waals surface area contributed by atoms with Crippen molar-refractivity contribution >= 4 is 11.9 Å². The fourth-order valence-corrected chi connectivity index (χ4v) is 4.00. The molecule has 26 heavy (non-hydrogen) atoms. The Kier molecular flexibility index (Phi) is 4.61. The number of carboxylic acid groups (broad SMARTS) is 1. The highest BCUT2D eigenvalue weighted by Crippen LogP contribution is 2.75. The molecule has 0 aliphatic heterocycles. The van der Waals surface area contributed by atoms with Crippen LogP contribution in [0.15, 0.2) is 0 Å². The highest BCUT2D eigenvalue weighted by atomic mass is 19.4. The van der Waals surface area contributed by atoms with Gasteiger partial charge in [-0.05, 0) is 46.0 Å². The average Bonchev–Trinajstić information content (AvgIpc) is 2.95. The fourth-order valence-electron chi connectivity index (χ4n) is 4.00. The molecule has 1 N–H and O–H groups in total. The van der Waals surface area contributed by atoms with Gasteiger partial charge in [-0.3, -0.25) is 9.59 Å². The Morgan fingerprint density at radius 2 is 1.54 bits per heavy atom. The molecule has 0 aromatic heterocycles. The van der Waals surface area contributed by atoms with Gasteiger partial charge in [0.2, 0.25) is 0 Å². The molecule has 150 valence electrons. The molecule has 2 aliphatic carbocycles. The Bertz CT molecular complexity index is 597. The van der Waals surface area contributed by atoms with Crippen LogP contribution in [-0.4, -0.2) is 35.0 Å². The smallest absolute Gasteiger partial charge is 0.391 e. The summed E-state index contributed by atoms with van der Waals surface area (Å²) >= 11 is 0. The third-order valence-electron chi connectivity index (χ3n) is 5.26. The first-order valence-electron chi connectivity index (χ1n) is 8.05. The van der Waals surface area contributed by atoms with Crippen molar-refractivity contribution in [3.63, 3.8) is 0 Å². The number of hydrogen-bond donors (Lipinski definition) is 1. The van der Waals surface area contributed by atoms with Crippen LogP contribution in [0.25, 0.3) is 0 Å². The monoisotopic (exact) mass is 390 g/mol. The lowest BCUT2D eigenvalue weighted by Gasteiger charge is -2.50. The lowest BCUT2D eigenvalue weighted by molar-refractivity contribution is -0.242. The highest BCUT2D eigenvalue weighted by Gasteiger charge is 2.80. The summed E-state index contributed by atoms with van der Waals surface area (Å²) in [5.74, 6) is -6.21. The first-order chi connectivity index (χ1) is 11.4. The van der Waals surface area contributed by atoms with Crippen LogP contribution in [0, 0.1) is 22.7 Å². The number of carboxylic acids is 1. The van der Waals surface area contributed by atoms with Gasteiger partial charge >= 0.3 is 24.3 Å². The van der Waals surface area contributed by atoms with Crippen molar-refractivity contribution < 1.29 is 45.8 Å². The van der Waals surface area contributed by atoms with Crippen molar-refractivity contribution in [2.45, 2.75) is 64.4 Å². The van der Waals surface area contributed by atoms with Crippen LogP contribution in [0.1, 0.15) is 46.5 Å². The lowest BCUT2D eigenvalue weighted by atomic mass is 9.53. The van der Waals surface area contributed by atoms with Gasteiger partial charge in [0.1, 0.15) is 5.60 Å². The quantitative estimate of drug-likeness (QED) is 0.573. The van der Waals surface area contributed by atoms with Crippen molar-refractivity contribution in [2.75, 3.05) is 0 Å². The molecule has 0 bridgehead atoms. The van der Waals surface area contributed by atoms with Crippen LogP contribution in [-0.2, 0) is 14.3 Å². The molecule has 0 heterocycles. The van der Waals surface area contributed by atoms with Gasteiger partial charge in [-0.15, -0.1) is 0 Å². The third kappa shape index (κ3) is 3.51. The van der Waals surface area contributed by atoms with E-state index in [1.807, 2.05) is 0 Å². The molecule has 0 saturated heterocycles. The number of carbonyl (C=O) groups is 2. The second kappa shape index (κ2) is 5.76. The maximum absolute atomic E-state index is 12.9. The number of carbonyl (C=O) groups excluding carboxylic acids is 1. The molecule has 0 radical (unpaired) electrons. The maximum Gasteiger partial charge on any atom is 0.391 e. The Morgan fingerprint density at radius 3 is 1.88 bits per heavy atom. The topological polar surface area (TPSA) is 63.6 Å². The molecule has 2 atom stereocenters. The van der Waals surface area contributed by atoms with E-state index in [9.17, 15) is 41.0 Å².